The molecule has 0 saturated heterocycles. The first kappa shape index (κ1) is 15.1. The second kappa shape index (κ2) is 5.58. The highest BCUT2D eigenvalue weighted by molar-refractivity contribution is 5.79. The second-order valence-corrected chi connectivity index (χ2v) is 6.79. The minimum absolute atomic E-state index is 0.107. The number of aryl methyl sites for hydroxylation is 1. The summed E-state index contributed by atoms with van der Waals surface area (Å²) in [4.78, 5) is 12.4. The van der Waals surface area contributed by atoms with Crippen molar-refractivity contribution in [3.8, 4) is 0 Å². The third kappa shape index (κ3) is 2.89. The molecule has 4 nitrogen and oxygen atoms in total. The molecule has 1 aromatic rings. The van der Waals surface area contributed by atoms with Crippen LogP contribution in [-0.2, 0) is 18.3 Å². The molecule has 2 rings (SSSR count). The zero-order valence-corrected chi connectivity index (χ0v) is 13.4. The first-order valence-corrected chi connectivity index (χ1v) is 7.69. The molecule has 0 radical (unpaired) electrons. The van der Waals surface area contributed by atoms with Crippen LogP contribution in [0.4, 0.5) is 0 Å². The Balaban J connectivity index is 2.21. The maximum atomic E-state index is 12.4. The van der Waals surface area contributed by atoms with Gasteiger partial charge in [-0.1, -0.05) is 27.7 Å². The Morgan fingerprint density at radius 2 is 2.15 bits per heavy atom. The molecule has 0 spiro atoms. The maximum Gasteiger partial charge on any atom is 0.223 e. The number of carbonyl (C=O) groups excluding carboxylic acids is 1. The summed E-state index contributed by atoms with van der Waals surface area (Å²) >= 11 is 0. The Bertz CT molecular complexity index is 486. The van der Waals surface area contributed by atoms with Crippen LogP contribution >= 0.6 is 0 Å². The van der Waals surface area contributed by atoms with Gasteiger partial charge in [-0.15, -0.1) is 0 Å². The smallest absolute Gasteiger partial charge is 0.223 e. The predicted octanol–water partition coefficient (Wildman–Crippen LogP) is 2.99. The van der Waals surface area contributed by atoms with Crippen LogP contribution in [0.2, 0.25) is 0 Å². The van der Waals surface area contributed by atoms with Gasteiger partial charge in [0, 0.05) is 24.2 Å². The van der Waals surface area contributed by atoms with Crippen LogP contribution in [0.15, 0.2) is 6.20 Å². The zero-order valence-electron chi connectivity index (χ0n) is 13.4. The van der Waals surface area contributed by atoms with Gasteiger partial charge in [0.15, 0.2) is 0 Å². The van der Waals surface area contributed by atoms with Crippen LogP contribution in [0.25, 0.3) is 0 Å². The maximum absolute atomic E-state index is 12.4. The lowest BCUT2D eigenvalue weighted by Crippen LogP contribution is -2.39. The van der Waals surface area contributed by atoms with E-state index in [1.807, 2.05) is 17.9 Å². The first-order chi connectivity index (χ1) is 9.38. The van der Waals surface area contributed by atoms with Gasteiger partial charge in [-0.2, -0.15) is 5.10 Å². The van der Waals surface area contributed by atoms with E-state index in [2.05, 4.69) is 38.1 Å². The predicted molar refractivity (Wildman–Crippen MR) is 80.3 cm³/mol. The molecule has 1 aliphatic rings. The lowest BCUT2D eigenvalue weighted by molar-refractivity contribution is -0.126. The van der Waals surface area contributed by atoms with Gasteiger partial charge in [0.05, 0.1) is 12.2 Å². The molecule has 0 saturated carbocycles. The summed E-state index contributed by atoms with van der Waals surface area (Å²) in [6.45, 7) is 8.68. The molecule has 20 heavy (non-hydrogen) atoms. The molecule has 1 unspecified atom stereocenters. The number of nitrogens with zero attached hydrogens (tertiary/aromatic N) is 2. The Morgan fingerprint density at radius 1 is 1.50 bits per heavy atom. The van der Waals surface area contributed by atoms with E-state index >= 15 is 0 Å². The Kier molecular flexibility index (Phi) is 4.21. The molecule has 1 aliphatic carbocycles. The molecule has 0 bridgehead atoms. The van der Waals surface area contributed by atoms with Crippen molar-refractivity contribution >= 4 is 5.91 Å². The van der Waals surface area contributed by atoms with Gasteiger partial charge in [0.1, 0.15) is 0 Å². The van der Waals surface area contributed by atoms with Crippen molar-refractivity contribution in [3.05, 3.63) is 17.5 Å². The van der Waals surface area contributed by atoms with Gasteiger partial charge in [-0.25, -0.2) is 0 Å². The fourth-order valence-corrected chi connectivity index (χ4v) is 3.25. The molecule has 1 N–H and O–H groups in total. The van der Waals surface area contributed by atoms with E-state index < -0.39 is 0 Å². The van der Waals surface area contributed by atoms with Gasteiger partial charge in [-0.05, 0) is 31.1 Å². The zero-order chi connectivity index (χ0) is 14.9. The quantitative estimate of drug-likeness (QED) is 0.919. The van der Waals surface area contributed by atoms with E-state index in [0.717, 1.165) is 25.7 Å². The van der Waals surface area contributed by atoms with Gasteiger partial charge in [0.25, 0.3) is 0 Å². The van der Waals surface area contributed by atoms with Crippen molar-refractivity contribution in [1.29, 1.82) is 0 Å². The molecule has 0 aliphatic heterocycles. The van der Waals surface area contributed by atoms with Crippen LogP contribution in [0.1, 0.15) is 64.3 Å². The van der Waals surface area contributed by atoms with Gasteiger partial charge >= 0.3 is 0 Å². The molecule has 0 aromatic carbocycles. The van der Waals surface area contributed by atoms with Crippen LogP contribution in [0.5, 0.6) is 0 Å². The summed E-state index contributed by atoms with van der Waals surface area (Å²) < 4.78 is 1.95. The molecular weight excluding hydrogens is 250 g/mol. The van der Waals surface area contributed by atoms with Gasteiger partial charge < -0.3 is 5.32 Å². The summed E-state index contributed by atoms with van der Waals surface area (Å²) in [5.74, 6) is 0.313. The fraction of sp³-hybridized carbons (Fsp3) is 0.750. The molecule has 0 fully saturated rings. The highest BCUT2D eigenvalue weighted by Crippen LogP contribution is 2.40. The summed E-state index contributed by atoms with van der Waals surface area (Å²) in [5.41, 5.74) is 2.66. The Hall–Kier alpha value is -1.32. The number of amides is 1. The fourth-order valence-electron chi connectivity index (χ4n) is 3.25. The van der Waals surface area contributed by atoms with Gasteiger partial charge in [0.2, 0.25) is 5.91 Å². The van der Waals surface area contributed by atoms with E-state index in [-0.39, 0.29) is 23.3 Å². The third-order valence-corrected chi connectivity index (χ3v) is 4.54. The van der Waals surface area contributed by atoms with Crippen LogP contribution in [0, 0.1) is 11.3 Å². The van der Waals surface area contributed by atoms with Crippen LogP contribution < -0.4 is 5.32 Å². The molecule has 1 heterocycles. The topological polar surface area (TPSA) is 46.9 Å². The van der Waals surface area contributed by atoms with E-state index in [9.17, 15) is 4.79 Å². The number of hydrogen-bond donors (Lipinski definition) is 1. The molecule has 112 valence electrons. The van der Waals surface area contributed by atoms with Crippen molar-refractivity contribution in [3.63, 3.8) is 0 Å². The average Bonchev–Trinajstić information content (AvgIpc) is 2.71. The van der Waals surface area contributed by atoms with E-state index in [4.69, 9.17) is 0 Å². The van der Waals surface area contributed by atoms with Crippen molar-refractivity contribution in [1.82, 2.24) is 15.1 Å². The highest BCUT2D eigenvalue weighted by atomic mass is 16.1. The Morgan fingerprint density at radius 3 is 2.75 bits per heavy atom. The van der Waals surface area contributed by atoms with E-state index in [1.165, 1.54) is 11.3 Å². The van der Waals surface area contributed by atoms with Crippen LogP contribution in [0.3, 0.4) is 0 Å². The lowest BCUT2D eigenvalue weighted by atomic mass is 9.74. The number of rotatable bonds is 4. The minimum Gasteiger partial charge on any atom is -0.349 e. The van der Waals surface area contributed by atoms with Gasteiger partial charge in [-0.3, -0.25) is 9.48 Å². The monoisotopic (exact) mass is 277 g/mol. The summed E-state index contributed by atoms with van der Waals surface area (Å²) in [6, 6.07) is 0.107. The minimum atomic E-state index is 0.107. The molecule has 1 aromatic heterocycles. The number of nitrogens with one attached hydrogen (secondary N) is 1. The van der Waals surface area contributed by atoms with E-state index in [0.29, 0.717) is 0 Å². The molecule has 4 heteroatoms. The summed E-state index contributed by atoms with van der Waals surface area (Å²) in [6.07, 6.45) is 5.73. The largest absolute Gasteiger partial charge is 0.349 e. The molecule has 1 atom stereocenters. The highest BCUT2D eigenvalue weighted by Gasteiger charge is 2.35. The van der Waals surface area contributed by atoms with Crippen molar-refractivity contribution in [2.45, 2.75) is 59.4 Å². The summed E-state index contributed by atoms with van der Waals surface area (Å²) in [5, 5.41) is 7.63. The standard InChI is InChI=1S/C16H27N3O/c1-6-11(7-2)15(20)18-13-8-16(3,4)9-14-12(13)10-17-19(14)5/h10-11,13H,6-9H2,1-5H3,(H,18,20). The second-order valence-electron chi connectivity index (χ2n) is 6.79. The normalized spacial score (nSPS) is 20.8. The Labute approximate surface area is 121 Å². The number of aromatic nitrogens is 2. The van der Waals surface area contributed by atoms with Crippen molar-refractivity contribution in [2.75, 3.05) is 0 Å². The third-order valence-electron chi connectivity index (χ3n) is 4.54. The van der Waals surface area contributed by atoms with Crippen LogP contribution in [-0.4, -0.2) is 15.7 Å². The lowest BCUT2D eigenvalue weighted by Gasteiger charge is -2.36. The van der Waals surface area contributed by atoms with E-state index in [1.54, 1.807) is 0 Å². The van der Waals surface area contributed by atoms with Crippen molar-refractivity contribution < 1.29 is 4.79 Å². The number of fused-ring (bicyclic) bond motifs is 1. The molecule has 1 amide bonds. The number of carbonyl (C=O) groups is 1. The first-order valence-electron chi connectivity index (χ1n) is 7.69. The molecular formula is C16H27N3O. The SMILES string of the molecule is CCC(CC)C(=O)NC1CC(C)(C)Cc2c1cnn2C. The van der Waals surface area contributed by atoms with Crippen molar-refractivity contribution in [2.24, 2.45) is 18.4 Å². The average molecular weight is 277 g/mol. The number of hydrogen-bond acceptors (Lipinski definition) is 2. The summed E-state index contributed by atoms with van der Waals surface area (Å²) in [7, 11) is 1.99.